The summed E-state index contributed by atoms with van der Waals surface area (Å²) in [7, 11) is 0. The average molecular weight is 358 g/mol. The van der Waals surface area contributed by atoms with E-state index in [9.17, 15) is 4.79 Å². The lowest BCUT2D eigenvalue weighted by atomic mass is 10.0. The molecule has 0 saturated carbocycles. The average Bonchev–Trinajstić information content (AvgIpc) is 2.72. The quantitative estimate of drug-likeness (QED) is 0.847. The summed E-state index contributed by atoms with van der Waals surface area (Å²) < 4.78 is 0. The molecule has 0 unspecified atom stereocenters. The fourth-order valence-electron chi connectivity index (χ4n) is 3.41. The van der Waals surface area contributed by atoms with Gasteiger partial charge in [-0.1, -0.05) is 24.8 Å². The predicted octanol–water partition coefficient (Wildman–Crippen LogP) is 3.68. The first kappa shape index (κ1) is 17.2. The van der Waals surface area contributed by atoms with Gasteiger partial charge < -0.3 is 10.2 Å². The van der Waals surface area contributed by atoms with E-state index in [0.717, 1.165) is 42.8 Å². The van der Waals surface area contributed by atoms with Gasteiger partial charge in [0, 0.05) is 43.8 Å². The molecule has 0 radical (unpaired) electrons. The Labute approximate surface area is 159 Å². The van der Waals surface area contributed by atoms with Gasteiger partial charge in [-0.3, -0.25) is 9.78 Å². The Hall–Kier alpha value is -3.21. The monoisotopic (exact) mass is 358 g/mol. The second-order valence-corrected chi connectivity index (χ2v) is 6.82. The zero-order valence-corrected chi connectivity index (χ0v) is 15.2. The van der Waals surface area contributed by atoms with Crippen molar-refractivity contribution in [2.75, 3.05) is 18.4 Å². The van der Waals surface area contributed by atoms with Gasteiger partial charge in [0.25, 0.3) is 0 Å². The first-order valence-corrected chi connectivity index (χ1v) is 9.19. The number of rotatable bonds is 4. The Morgan fingerprint density at radius 3 is 2.96 bits per heavy atom. The van der Waals surface area contributed by atoms with Gasteiger partial charge in [0.15, 0.2) is 0 Å². The third kappa shape index (κ3) is 3.97. The van der Waals surface area contributed by atoms with Gasteiger partial charge in [-0.2, -0.15) is 0 Å². The van der Waals surface area contributed by atoms with E-state index in [1.807, 2.05) is 24.4 Å². The van der Waals surface area contributed by atoms with Crippen LogP contribution >= 0.6 is 0 Å². The van der Waals surface area contributed by atoms with Gasteiger partial charge in [-0.25, -0.2) is 4.98 Å². The molecule has 4 heterocycles. The molecule has 1 N–H and O–H groups in total. The molecule has 2 aromatic rings. The summed E-state index contributed by atoms with van der Waals surface area (Å²) in [6.45, 7) is 6.00. The predicted molar refractivity (Wildman–Crippen MR) is 108 cm³/mol. The molecule has 1 amide bonds. The molecule has 27 heavy (non-hydrogen) atoms. The van der Waals surface area contributed by atoms with E-state index in [-0.39, 0.29) is 5.91 Å². The topological polar surface area (TPSA) is 58.1 Å². The van der Waals surface area contributed by atoms with Crippen molar-refractivity contribution in [3.63, 3.8) is 0 Å². The summed E-state index contributed by atoms with van der Waals surface area (Å²) in [6, 6.07) is 6.17. The van der Waals surface area contributed by atoms with E-state index in [0.29, 0.717) is 12.2 Å². The minimum atomic E-state index is 0.0375. The third-order valence-electron chi connectivity index (χ3n) is 4.98. The van der Waals surface area contributed by atoms with E-state index in [1.165, 1.54) is 11.1 Å². The Kier molecular flexibility index (Phi) is 4.83. The smallest absolute Gasteiger partial charge is 0.225 e. The van der Waals surface area contributed by atoms with Crippen LogP contribution in [0.15, 0.2) is 61.2 Å². The minimum absolute atomic E-state index is 0.0375. The Bertz CT molecular complexity index is 931. The number of hydrogen-bond donors (Lipinski definition) is 1. The van der Waals surface area contributed by atoms with Crippen LogP contribution in [0, 0.1) is 0 Å². The molecule has 0 atom stereocenters. The van der Waals surface area contributed by atoms with Gasteiger partial charge in [0.2, 0.25) is 5.91 Å². The molecule has 2 aliphatic rings. The first-order chi connectivity index (χ1) is 13.2. The van der Waals surface area contributed by atoms with Crippen LogP contribution in [-0.4, -0.2) is 33.9 Å². The SMILES string of the molecule is C=C(/C=C/c1cnc2c(c1)CCC(=O)N2)N1CC=C(c2cccnc2)CC1. The van der Waals surface area contributed by atoms with Crippen LogP contribution in [0.1, 0.15) is 29.5 Å². The molecule has 0 aromatic carbocycles. The first-order valence-electron chi connectivity index (χ1n) is 9.19. The van der Waals surface area contributed by atoms with Crippen molar-refractivity contribution < 1.29 is 4.79 Å². The second-order valence-electron chi connectivity index (χ2n) is 6.82. The van der Waals surface area contributed by atoms with Crippen molar-refractivity contribution in [3.8, 4) is 0 Å². The molecule has 2 aromatic heterocycles. The van der Waals surface area contributed by atoms with Crippen LogP contribution in [0.4, 0.5) is 5.82 Å². The highest BCUT2D eigenvalue weighted by Gasteiger charge is 2.16. The summed E-state index contributed by atoms with van der Waals surface area (Å²) in [5.41, 5.74) is 5.64. The van der Waals surface area contributed by atoms with E-state index < -0.39 is 0 Å². The number of pyridine rings is 2. The standard InChI is InChI=1S/C22H22N4O/c1-16(26-11-8-18(9-12-26)20-3-2-10-23-15-20)4-5-17-13-19-6-7-21(27)25-22(19)24-14-17/h2-5,8,10,13-15H,1,6-7,9,11-12H2,(H,24,25,27)/b5-4+. The number of hydrogen-bond acceptors (Lipinski definition) is 4. The molecule has 136 valence electrons. The molecule has 4 rings (SSSR count). The fourth-order valence-corrected chi connectivity index (χ4v) is 3.41. The minimum Gasteiger partial charge on any atom is -0.368 e. The van der Waals surface area contributed by atoms with E-state index in [2.05, 4.69) is 45.0 Å². The maximum Gasteiger partial charge on any atom is 0.225 e. The van der Waals surface area contributed by atoms with Gasteiger partial charge in [0.1, 0.15) is 5.82 Å². The number of amides is 1. The van der Waals surface area contributed by atoms with Crippen molar-refractivity contribution in [1.29, 1.82) is 0 Å². The van der Waals surface area contributed by atoms with E-state index in [1.54, 1.807) is 12.4 Å². The number of fused-ring (bicyclic) bond motifs is 1. The van der Waals surface area contributed by atoms with Crippen molar-refractivity contribution in [1.82, 2.24) is 14.9 Å². The number of carbonyl (C=O) groups is 1. The molecular formula is C22H22N4O. The van der Waals surface area contributed by atoms with Crippen LogP contribution in [0.2, 0.25) is 0 Å². The summed E-state index contributed by atoms with van der Waals surface area (Å²) in [4.78, 5) is 22.3. The zero-order valence-electron chi connectivity index (χ0n) is 15.2. The van der Waals surface area contributed by atoms with Crippen LogP contribution in [0.25, 0.3) is 11.6 Å². The fraction of sp³-hybridized carbons (Fsp3) is 0.227. The van der Waals surface area contributed by atoms with Crippen LogP contribution in [0.5, 0.6) is 0 Å². The molecular weight excluding hydrogens is 336 g/mol. The van der Waals surface area contributed by atoms with Crippen LogP contribution < -0.4 is 5.32 Å². The van der Waals surface area contributed by atoms with Crippen molar-refractivity contribution in [2.24, 2.45) is 0 Å². The number of aromatic nitrogens is 2. The summed E-state index contributed by atoms with van der Waals surface area (Å²) in [6.07, 6.45) is 14.1. The lowest BCUT2D eigenvalue weighted by Crippen LogP contribution is -2.26. The number of anilines is 1. The largest absolute Gasteiger partial charge is 0.368 e. The maximum absolute atomic E-state index is 11.4. The number of carbonyl (C=O) groups excluding carboxylic acids is 1. The highest BCUT2D eigenvalue weighted by Crippen LogP contribution is 2.24. The van der Waals surface area contributed by atoms with E-state index in [4.69, 9.17) is 0 Å². The molecule has 0 fully saturated rings. The molecule has 0 spiro atoms. The molecule has 0 bridgehead atoms. The summed E-state index contributed by atoms with van der Waals surface area (Å²) in [5.74, 6) is 0.724. The van der Waals surface area contributed by atoms with Crippen LogP contribution in [0.3, 0.4) is 0 Å². The maximum atomic E-state index is 11.4. The molecule has 0 aliphatic carbocycles. The normalized spacial score (nSPS) is 16.7. The number of aryl methyl sites for hydroxylation is 1. The lowest BCUT2D eigenvalue weighted by Gasteiger charge is -2.28. The third-order valence-corrected chi connectivity index (χ3v) is 4.98. The Balaban J connectivity index is 1.40. The molecule has 5 heteroatoms. The molecule has 2 aliphatic heterocycles. The summed E-state index contributed by atoms with van der Waals surface area (Å²) in [5, 5.41) is 2.81. The number of allylic oxidation sites excluding steroid dienone is 1. The zero-order chi connectivity index (χ0) is 18.6. The highest BCUT2D eigenvalue weighted by molar-refractivity contribution is 5.92. The van der Waals surface area contributed by atoms with E-state index >= 15 is 0 Å². The Morgan fingerprint density at radius 2 is 2.19 bits per heavy atom. The summed E-state index contributed by atoms with van der Waals surface area (Å²) >= 11 is 0. The second kappa shape index (κ2) is 7.58. The van der Waals surface area contributed by atoms with Gasteiger partial charge >= 0.3 is 0 Å². The van der Waals surface area contributed by atoms with Gasteiger partial charge in [0.05, 0.1) is 0 Å². The number of nitrogens with one attached hydrogen (secondary N) is 1. The van der Waals surface area contributed by atoms with Crippen molar-refractivity contribution in [3.05, 3.63) is 77.9 Å². The highest BCUT2D eigenvalue weighted by atomic mass is 16.1. The van der Waals surface area contributed by atoms with Gasteiger partial charge in [-0.05, 0) is 53.3 Å². The van der Waals surface area contributed by atoms with Crippen molar-refractivity contribution in [2.45, 2.75) is 19.3 Å². The lowest BCUT2D eigenvalue weighted by molar-refractivity contribution is -0.116. The Morgan fingerprint density at radius 1 is 1.26 bits per heavy atom. The van der Waals surface area contributed by atoms with Gasteiger partial charge in [-0.15, -0.1) is 0 Å². The molecule has 5 nitrogen and oxygen atoms in total. The number of nitrogens with zero attached hydrogens (tertiary/aromatic N) is 3. The molecule has 0 saturated heterocycles. The van der Waals surface area contributed by atoms with Crippen LogP contribution in [-0.2, 0) is 11.2 Å². The van der Waals surface area contributed by atoms with Crippen molar-refractivity contribution >= 4 is 23.4 Å².